The van der Waals surface area contributed by atoms with Crippen molar-refractivity contribution in [2.75, 3.05) is 6.67 Å². The first-order valence-corrected chi connectivity index (χ1v) is 7.37. The van der Waals surface area contributed by atoms with Gasteiger partial charge in [0, 0.05) is 6.04 Å². The van der Waals surface area contributed by atoms with Gasteiger partial charge in [-0.15, -0.1) is 0 Å². The Morgan fingerprint density at radius 2 is 1.84 bits per heavy atom. The molecule has 0 heterocycles. The second kappa shape index (κ2) is 8.17. The number of amides is 1. The topological polar surface area (TPSA) is 75.6 Å². The molecule has 1 atom stereocenters. The second-order valence-corrected chi connectivity index (χ2v) is 6.08. The van der Waals surface area contributed by atoms with Crippen LogP contribution in [0, 0.1) is 0 Å². The van der Waals surface area contributed by atoms with Crippen LogP contribution in [0.1, 0.15) is 31.4 Å². The fraction of sp³-hybridized carbons (Fsp3) is 0.500. The smallest absolute Gasteiger partial charge is 0.416 e. The van der Waals surface area contributed by atoms with Crippen LogP contribution < -0.4 is 5.32 Å². The van der Waals surface area contributed by atoms with Gasteiger partial charge in [-0.2, -0.15) is 13.2 Å². The Morgan fingerprint density at radius 3 is 2.36 bits per heavy atom. The van der Waals surface area contributed by atoms with E-state index >= 15 is 0 Å². The Balaban J connectivity index is 2.95. The predicted molar refractivity (Wildman–Crippen MR) is 80.9 cm³/mol. The van der Waals surface area contributed by atoms with Crippen molar-refractivity contribution in [3.8, 4) is 0 Å². The number of carboxylic acid groups (broad SMARTS) is 1. The van der Waals surface area contributed by atoms with E-state index in [4.69, 9.17) is 9.84 Å². The molecule has 5 nitrogen and oxygen atoms in total. The van der Waals surface area contributed by atoms with Crippen molar-refractivity contribution in [3.63, 3.8) is 0 Å². The number of aliphatic carboxylic acids is 1. The first kappa shape index (κ1) is 20.7. The maximum Gasteiger partial charge on any atom is 0.416 e. The van der Waals surface area contributed by atoms with Crippen molar-refractivity contribution in [1.29, 1.82) is 0 Å². The van der Waals surface area contributed by atoms with E-state index in [2.05, 4.69) is 5.32 Å². The van der Waals surface area contributed by atoms with Crippen molar-refractivity contribution in [2.45, 2.75) is 44.5 Å². The molecule has 0 aliphatic carbocycles. The van der Waals surface area contributed by atoms with Crippen LogP contribution >= 0.6 is 0 Å². The Morgan fingerprint density at radius 1 is 1.24 bits per heavy atom. The van der Waals surface area contributed by atoms with Crippen molar-refractivity contribution in [3.05, 3.63) is 35.4 Å². The molecule has 0 radical (unpaired) electrons. The molecule has 0 aliphatic heterocycles. The van der Waals surface area contributed by atoms with E-state index in [1.807, 2.05) is 0 Å². The number of rotatable bonds is 7. The average Bonchev–Trinajstić information content (AvgIpc) is 2.45. The van der Waals surface area contributed by atoms with Crippen LogP contribution in [0.4, 0.5) is 22.4 Å². The molecule has 1 rings (SSSR count). The number of ether oxygens (including phenoxy) is 1. The Kier molecular flexibility index (Phi) is 6.78. The number of hydrogen-bond acceptors (Lipinski definition) is 3. The highest BCUT2D eigenvalue weighted by molar-refractivity contribution is 5.71. The third-order valence-corrected chi connectivity index (χ3v) is 3.22. The number of benzene rings is 1. The predicted octanol–water partition coefficient (Wildman–Crippen LogP) is 3.57. The van der Waals surface area contributed by atoms with E-state index in [9.17, 15) is 27.2 Å². The fourth-order valence-corrected chi connectivity index (χ4v) is 2.10. The lowest BCUT2D eigenvalue weighted by Gasteiger charge is -2.24. The van der Waals surface area contributed by atoms with Gasteiger partial charge in [-0.05, 0) is 31.9 Å². The summed E-state index contributed by atoms with van der Waals surface area (Å²) in [6.45, 7) is 1.64. The lowest BCUT2D eigenvalue weighted by atomic mass is 9.98. The van der Waals surface area contributed by atoms with Gasteiger partial charge in [0.2, 0.25) is 0 Å². The van der Waals surface area contributed by atoms with Gasteiger partial charge in [0.1, 0.15) is 12.3 Å². The molecule has 0 aliphatic rings. The molecule has 0 aromatic heterocycles. The molecule has 1 aromatic rings. The van der Waals surface area contributed by atoms with Gasteiger partial charge in [-0.1, -0.05) is 18.2 Å². The van der Waals surface area contributed by atoms with Crippen molar-refractivity contribution in [1.82, 2.24) is 5.32 Å². The minimum Gasteiger partial charge on any atom is -0.481 e. The molecule has 0 fully saturated rings. The maximum absolute atomic E-state index is 13.0. The fourth-order valence-electron chi connectivity index (χ4n) is 2.10. The molecule has 0 saturated heterocycles. The minimum atomic E-state index is -4.61. The molecule has 1 amide bonds. The summed E-state index contributed by atoms with van der Waals surface area (Å²) in [5.41, 5.74) is -2.50. The monoisotopic (exact) mass is 365 g/mol. The molecule has 2 N–H and O–H groups in total. The number of alkyl halides is 4. The number of carbonyl (C=O) groups is 2. The molecule has 0 unspecified atom stereocenters. The van der Waals surface area contributed by atoms with Gasteiger partial charge >= 0.3 is 18.2 Å². The number of carboxylic acids is 1. The number of nitrogens with one attached hydrogen (secondary N) is 1. The zero-order valence-electron chi connectivity index (χ0n) is 13.7. The highest BCUT2D eigenvalue weighted by atomic mass is 19.4. The summed E-state index contributed by atoms with van der Waals surface area (Å²) in [7, 11) is 0. The summed E-state index contributed by atoms with van der Waals surface area (Å²) >= 11 is 0. The third-order valence-electron chi connectivity index (χ3n) is 3.22. The van der Waals surface area contributed by atoms with E-state index in [-0.39, 0.29) is 12.0 Å². The number of hydrogen-bond donors (Lipinski definition) is 2. The Hall–Kier alpha value is -2.32. The second-order valence-electron chi connectivity index (χ2n) is 6.08. The van der Waals surface area contributed by atoms with Gasteiger partial charge in [-0.3, -0.25) is 4.79 Å². The zero-order chi connectivity index (χ0) is 19.3. The molecule has 140 valence electrons. The zero-order valence-corrected chi connectivity index (χ0v) is 13.7. The first-order chi connectivity index (χ1) is 11.4. The number of alkyl carbamates (subject to hydrolysis) is 1. The SMILES string of the molecule is CC(C)(CF)OC(=O)N[C@H](CC(=O)O)Cc1ccccc1C(F)(F)F. The van der Waals surface area contributed by atoms with Gasteiger partial charge in [0.15, 0.2) is 0 Å². The van der Waals surface area contributed by atoms with Crippen molar-refractivity contribution in [2.24, 2.45) is 0 Å². The van der Waals surface area contributed by atoms with Gasteiger partial charge in [0.05, 0.1) is 12.0 Å². The third kappa shape index (κ3) is 6.98. The minimum absolute atomic E-state index is 0.161. The normalized spacial score (nSPS) is 13.2. The summed E-state index contributed by atoms with van der Waals surface area (Å²) in [5.74, 6) is -1.31. The summed E-state index contributed by atoms with van der Waals surface area (Å²) in [6.07, 6.45) is -6.69. The van der Waals surface area contributed by atoms with Crippen LogP contribution in [0.25, 0.3) is 0 Å². The van der Waals surface area contributed by atoms with Crippen molar-refractivity contribution >= 4 is 12.1 Å². The maximum atomic E-state index is 13.0. The molecule has 0 spiro atoms. The van der Waals surface area contributed by atoms with E-state index in [1.165, 1.54) is 32.0 Å². The van der Waals surface area contributed by atoms with Crippen LogP contribution in [0.15, 0.2) is 24.3 Å². The summed E-state index contributed by atoms with van der Waals surface area (Å²) in [6, 6.07) is 3.52. The van der Waals surface area contributed by atoms with E-state index in [0.717, 1.165) is 6.07 Å². The van der Waals surface area contributed by atoms with E-state index in [0.29, 0.717) is 0 Å². The van der Waals surface area contributed by atoms with Crippen molar-refractivity contribution < 1.29 is 37.0 Å². The van der Waals surface area contributed by atoms with Crippen LogP contribution in [0.3, 0.4) is 0 Å². The highest BCUT2D eigenvalue weighted by Gasteiger charge is 2.34. The quantitative estimate of drug-likeness (QED) is 0.725. The molecule has 0 bridgehead atoms. The summed E-state index contributed by atoms with van der Waals surface area (Å²) in [4.78, 5) is 22.7. The highest BCUT2D eigenvalue weighted by Crippen LogP contribution is 2.32. The molecular formula is C16H19F4NO4. The number of carbonyl (C=O) groups excluding carboxylic acids is 1. The standard InChI is InChI=1S/C16H19F4NO4/c1-15(2,9-17)25-14(24)21-11(8-13(22)23)7-10-5-3-4-6-12(10)16(18,19)20/h3-6,11H,7-9H2,1-2H3,(H,21,24)(H,22,23)/t11-/m0/s1. The average molecular weight is 365 g/mol. The molecule has 1 aromatic carbocycles. The first-order valence-electron chi connectivity index (χ1n) is 7.37. The largest absolute Gasteiger partial charge is 0.481 e. The molecular weight excluding hydrogens is 346 g/mol. The Labute approximate surface area is 142 Å². The van der Waals surface area contributed by atoms with E-state index in [1.54, 1.807) is 0 Å². The van der Waals surface area contributed by atoms with Crippen LogP contribution in [-0.4, -0.2) is 35.5 Å². The van der Waals surface area contributed by atoms with Gasteiger partial charge in [0.25, 0.3) is 0 Å². The van der Waals surface area contributed by atoms with E-state index < -0.39 is 48.5 Å². The van der Waals surface area contributed by atoms with Crippen LogP contribution in [0.5, 0.6) is 0 Å². The Bertz CT molecular complexity index is 616. The van der Waals surface area contributed by atoms with Gasteiger partial charge < -0.3 is 15.2 Å². The molecule has 25 heavy (non-hydrogen) atoms. The lowest BCUT2D eigenvalue weighted by Crippen LogP contribution is -2.43. The molecule has 9 heteroatoms. The molecule has 0 saturated carbocycles. The summed E-state index contributed by atoms with van der Waals surface area (Å²) < 4.78 is 56.5. The summed E-state index contributed by atoms with van der Waals surface area (Å²) in [5, 5.41) is 11.1. The number of halogens is 4. The van der Waals surface area contributed by atoms with Crippen LogP contribution in [-0.2, 0) is 22.1 Å². The van der Waals surface area contributed by atoms with Gasteiger partial charge in [-0.25, -0.2) is 9.18 Å². The lowest BCUT2D eigenvalue weighted by molar-refractivity contribution is -0.138. The van der Waals surface area contributed by atoms with Crippen LogP contribution in [0.2, 0.25) is 0 Å².